The molecule has 1 saturated carbocycles. The highest BCUT2D eigenvalue weighted by Crippen LogP contribution is 2.52. The maximum absolute atomic E-state index is 11.3. The minimum atomic E-state index is -0.902. The number of carbonyl (C=O) groups is 1. The molecule has 0 spiro atoms. The molecule has 2 N–H and O–H groups in total. The second-order valence-electron chi connectivity index (χ2n) is 4.75. The maximum Gasteiger partial charge on any atom is 0.314 e. The molecule has 4 heteroatoms. The van der Waals surface area contributed by atoms with E-state index in [1.807, 2.05) is 6.07 Å². The molecule has 1 fully saturated rings. The summed E-state index contributed by atoms with van der Waals surface area (Å²) in [5, 5.41) is 21.6. The van der Waals surface area contributed by atoms with Gasteiger partial charge in [0.25, 0.3) is 0 Å². The number of rotatable bonds is 2. The highest BCUT2D eigenvalue weighted by molar-refractivity contribution is 6.31. The Hall–Kier alpha value is -1.74. The number of fused-ring (bicyclic) bond motifs is 1. The average molecular weight is 263 g/mol. The summed E-state index contributed by atoms with van der Waals surface area (Å²) in [6.45, 7) is 0. The number of carboxylic acids is 1. The Balaban J connectivity index is 2.24. The third kappa shape index (κ3) is 1.55. The largest absolute Gasteiger partial charge is 0.508 e. The topological polar surface area (TPSA) is 57.5 Å². The van der Waals surface area contributed by atoms with Gasteiger partial charge in [-0.25, -0.2) is 0 Å². The first kappa shape index (κ1) is 11.4. The van der Waals surface area contributed by atoms with Crippen molar-refractivity contribution in [3.8, 4) is 5.75 Å². The zero-order chi connectivity index (χ0) is 12.9. The van der Waals surface area contributed by atoms with Crippen LogP contribution in [0.5, 0.6) is 5.75 Å². The van der Waals surface area contributed by atoms with Crippen LogP contribution in [-0.2, 0) is 10.2 Å². The molecule has 2 aromatic carbocycles. The molecule has 0 aromatic heterocycles. The fourth-order valence-electron chi connectivity index (χ4n) is 2.36. The molecule has 18 heavy (non-hydrogen) atoms. The lowest BCUT2D eigenvalue weighted by molar-refractivity contribution is -0.140. The molecule has 3 nitrogen and oxygen atoms in total. The van der Waals surface area contributed by atoms with E-state index in [1.165, 1.54) is 0 Å². The van der Waals surface area contributed by atoms with E-state index in [4.69, 9.17) is 11.6 Å². The zero-order valence-corrected chi connectivity index (χ0v) is 10.2. The normalized spacial score (nSPS) is 16.7. The van der Waals surface area contributed by atoms with Crippen LogP contribution in [0.3, 0.4) is 0 Å². The van der Waals surface area contributed by atoms with Crippen LogP contribution in [0, 0.1) is 0 Å². The molecule has 0 saturated heterocycles. The lowest BCUT2D eigenvalue weighted by Crippen LogP contribution is -2.19. The summed E-state index contributed by atoms with van der Waals surface area (Å²) in [7, 11) is 0. The first-order valence-corrected chi connectivity index (χ1v) is 6.07. The lowest BCUT2D eigenvalue weighted by atomic mass is 9.92. The summed E-state index contributed by atoms with van der Waals surface area (Å²) in [6.07, 6.45) is 1.14. The summed E-state index contributed by atoms with van der Waals surface area (Å²) >= 11 is 5.92. The Morgan fingerprint density at radius 2 is 1.89 bits per heavy atom. The maximum atomic E-state index is 11.3. The van der Waals surface area contributed by atoms with Gasteiger partial charge in [-0.2, -0.15) is 0 Å². The average Bonchev–Trinajstić information content (AvgIpc) is 3.10. The van der Waals surface area contributed by atoms with Crippen molar-refractivity contribution in [1.29, 1.82) is 0 Å². The number of halogens is 1. The summed E-state index contributed by atoms with van der Waals surface area (Å²) in [5.74, 6) is -0.830. The Morgan fingerprint density at radius 1 is 1.17 bits per heavy atom. The van der Waals surface area contributed by atoms with E-state index in [-0.39, 0.29) is 5.75 Å². The number of phenolic OH excluding ortho intramolecular Hbond substituents is 1. The van der Waals surface area contributed by atoms with Crippen LogP contribution in [0.2, 0.25) is 5.02 Å². The predicted octanol–water partition coefficient (Wildman–Crippen LogP) is 3.32. The number of benzene rings is 2. The van der Waals surface area contributed by atoms with Crippen LogP contribution >= 0.6 is 11.6 Å². The summed E-state index contributed by atoms with van der Waals surface area (Å²) in [6, 6.07) is 8.66. The van der Waals surface area contributed by atoms with Gasteiger partial charge in [-0.05, 0) is 47.9 Å². The second-order valence-corrected chi connectivity index (χ2v) is 5.18. The van der Waals surface area contributed by atoms with Crippen molar-refractivity contribution >= 4 is 28.3 Å². The summed E-state index contributed by atoms with van der Waals surface area (Å²) < 4.78 is 0. The second kappa shape index (κ2) is 3.62. The van der Waals surface area contributed by atoms with Crippen LogP contribution in [0.1, 0.15) is 18.4 Å². The van der Waals surface area contributed by atoms with Crippen molar-refractivity contribution in [3.63, 3.8) is 0 Å². The third-order valence-corrected chi connectivity index (χ3v) is 3.83. The van der Waals surface area contributed by atoms with E-state index >= 15 is 0 Å². The van der Waals surface area contributed by atoms with Gasteiger partial charge in [0, 0.05) is 10.6 Å². The van der Waals surface area contributed by atoms with Crippen molar-refractivity contribution in [1.82, 2.24) is 0 Å². The van der Waals surface area contributed by atoms with Crippen LogP contribution < -0.4 is 0 Å². The molecule has 2 aromatic rings. The number of hydrogen-bond acceptors (Lipinski definition) is 2. The van der Waals surface area contributed by atoms with Gasteiger partial charge >= 0.3 is 5.97 Å². The number of aliphatic carboxylic acids is 1. The van der Waals surface area contributed by atoms with Crippen LogP contribution in [-0.4, -0.2) is 16.2 Å². The van der Waals surface area contributed by atoms with E-state index in [2.05, 4.69) is 0 Å². The van der Waals surface area contributed by atoms with Gasteiger partial charge in [-0.3, -0.25) is 4.79 Å². The van der Waals surface area contributed by atoms with Gasteiger partial charge in [0.1, 0.15) is 5.75 Å². The van der Waals surface area contributed by atoms with E-state index in [1.54, 1.807) is 24.3 Å². The molecule has 0 unspecified atom stereocenters. The molecule has 0 aliphatic heterocycles. The number of hydrogen-bond donors (Lipinski definition) is 2. The van der Waals surface area contributed by atoms with E-state index in [0.29, 0.717) is 23.4 Å². The number of phenols is 1. The van der Waals surface area contributed by atoms with E-state index in [0.717, 1.165) is 10.8 Å². The number of carboxylic acid groups (broad SMARTS) is 1. The minimum absolute atomic E-state index is 0.0460. The minimum Gasteiger partial charge on any atom is -0.508 e. The van der Waals surface area contributed by atoms with Gasteiger partial charge < -0.3 is 10.2 Å². The predicted molar refractivity (Wildman–Crippen MR) is 69.2 cm³/mol. The summed E-state index contributed by atoms with van der Waals surface area (Å²) in [5.41, 5.74) is -0.412. The van der Waals surface area contributed by atoms with Gasteiger partial charge in [0.05, 0.1) is 5.41 Å². The van der Waals surface area contributed by atoms with Crippen molar-refractivity contribution in [3.05, 3.63) is 40.9 Å². The lowest BCUT2D eigenvalue weighted by Gasteiger charge is -2.13. The van der Waals surface area contributed by atoms with Crippen LogP contribution in [0.25, 0.3) is 10.8 Å². The fraction of sp³-hybridized carbons (Fsp3) is 0.214. The molecule has 92 valence electrons. The first-order chi connectivity index (χ1) is 8.53. The van der Waals surface area contributed by atoms with Gasteiger partial charge in [0.2, 0.25) is 0 Å². The molecular weight excluding hydrogens is 252 g/mol. The Labute approximate surface area is 109 Å². The quantitative estimate of drug-likeness (QED) is 0.873. The molecule has 0 heterocycles. The Bertz CT molecular complexity index is 659. The SMILES string of the molecule is O=C(O)C1(c2cc3cc(Cl)ccc3cc2O)CC1. The Morgan fingerprint density at radius 3 is 2.50 bits per heavy atom. The molecule has 0 radical (unpaired) electrons. The Kier molecular flexibility index (Phi) is 2.29. The smallest absolute Gasteiger partial charge is 0.314 e. The van der Waals surface area contributed by atoms with Crippen molar-refractivity contribution in [2.75, 3.05) is 0 Å². The first-order valence-electron chi connectivity index (χ1n) is 5.69. The van der Waals surface area contributed by atoms with Crippen LogP contribution in [0.4, 0.5) is 0 Å². The van der Waals surface area contributed by atoms with Crippen molar-refractivity contribution in [2.24, 2.45) is 0 Å². The van der Waals surface area contributed by atoms with Crippen molar-refractivity contribution in [2.45, 2.75) is 18.3 Å². The van der Waals surface area contributed by atoms with Crippen LogP contribution in [0.15, 0.2) is 30.3 Å². The zero-order valence-electron chi connectivity index (χ0n) is 9.48. The van der Waals surface area contributed by atoms with Gasteiger partial charge in [-0.1, -0.05) is 17.7 Å². The monoisotopic (exact) mass is 262 g/mol. The standard InChI is InChI=1S/C14H11ClO3/c15-10-2-1-8-7-12(16)11(6-9(8)5-10)14(3-4-14)13(17)18/h1-2,5-7,16H,3-4H2,(H,17,18). The highest BCUT2D eigenvalue weighted by atomic mass is 35.5. The van der Waals surface area contributed by atoms with E-state index in [9.17, 15) is 15.0 Å². The third-order valence-electron chi connectivity index (χ3n) is 3.59. The molecule has 1 aliphatic carbocycles. The molecule has 0 atom stereocenters. The molecule has 0 bridgehead atoms. The highest BCUT2D eigenvalue weighted by Gasteiger charge is 2.53. The van der Waals surface area contributed by atoms with Gasteiger partial charge in [-0.15, -0.1) is 0 Å². The van der Waals surface area contributed by atoms with E-state index < -0.39 is 11.4 Å². The number of aromatic hydroxyl groups is 1. The molecule has 3 rings (SSSR count). The molecule has 0 amide bonds. The fourth-order valence-corrected chi connectivity index (χ4v) is 2.54. The van der Waals surface area contributed by atoms with Gasteiger partial charge in [0.15, 0.2) is 0 Å². The molecule has 1 aliphatic rings. The summed E-state index contributed by atoms with van der Waals surface area (Å²) in [4.78, 5) is 11.3. The van der Waals surface area contributed by atoms with Crippen molar-refractivity contribution < 1.29 is 15.0 Å². The molecular formula is C14H11ClO3.